The van der Waals surface area contributed by atoms with Gasteiger partial charge in [-0.3, -0.25) is 9.59 Å². The Kier molecular flexibility index (Phi) is 7.97. The van der Waals surface area contributed by atoms with Crippen LogP contribution in [-0.2, 0) is 14.3 Å². The molecule has 1 saturated heterocycles. The van der Waals surface area contributed by atoms with E-state index in [1.807, 2.05) is 25.1 Å². The number of nitrogens with one attached hydrogen (secondary N) is 1. The molecule has 0 amide bonds. The number of aryl methyl sites for hydroxylation is 1. The van der Waals surface area contributed by atoms with Crippen molar-refractivity contribution in [2.45, 2.75) is 65.0 Å². The van der Waals surface area contributed by atoms with Crippen molar-refractivity contribution in [2.24, 2.45) is 11.3 Å². The zero-order chi connectivity index (χ0) is 28.6. The molecule has 2 fully saturated rings. The minimum Gasteiger partial charge on any atom is -0.496 e. The van der Waals surface area contributed by atoms with E-state index >= 15 is 0 Å². The lowest BCUT2D eigenvalue weighted by Gasteiger charge is -2.18. The first-order chi connectivity index (χ1) is 19.2. The van der Waals surface area contributed by atoms with Crippen LogP contribution in [0.5, 0.6) is 11.5 Å². The standard InChI is InChI=1S/C31H37N3O5S/c1-7-19-13-31(19,30(36)38-8-2)14-25(35)22-11-20(15-32-22)39-27-12-23(29-34-24(16-40-29)17(3)4)33-28-18(5)26(37-6)10-9-21(27)28/h7,9-10,12,16-17,19-20,22,32H,1,8,11,13-15H2,2-6H3/t19-,20-,22+,31-/m1/s1. The van der Waals surface area contributed by atoms with Crippen molar-refractivity contribution in [3.8, 4) is 22.2 Å². The fourth-order valence-corrected chi connectivity index (χ4v) is 6.50. The van der Waals surface area contributed by atoms with E-state index in [2.05, 4.69) is 31.1 Å². The number of Topliss-reactive ketones (excluding diaryl/α,β-unsaturated/α-hetero) is 1. The Morgan fingerprint density at radius 1 is 1.27 bits per heavy atom. The molecule has 1 saturated carbocycles. The van der Waals surface area contributed by atoms with Gasteiger partial charge in [0.2, 0.25) is 0 Å². The number of thiazole rings is 1. The van der Waals surface area contributed by atoms with Crippen molar-refractivity contribution in [1.29, 1.82) is 0 Å². The van der Waals surface area contributed by atoms with Crippen LogP contribution >= 0.6 is 11.3 Å². The van der Waals surface area contributed by atoms with E-state index in [0.717, 1.165) is 38.6 Å². The van der Waals surface area contributed by atoms with Gasteiger partial charge in [-0.15, -0.1) is 17.9 Å². The van der Waals surface area contributed by atoms with Crippen LogP contribution in [0.25, 0.3) is 21.6 Å². The van der Waals surface area contributed by atoms with Crippen LogP contribution in [0.2, 0.25) is 0 Å². The maximum Gasteiger partial charge on any atom is 0.313 e. The van der Waals surface area contributed by atoms with E-state index in [0.29, 0.717) is 37.7 Å². The highest BCUT2D eigenvalue weighted by molar-refractivity contribution is 7.13. The fourth-order valence-electron chi connectivity index (χ4n) is 5.56. The van der Waals surface area contributed by atoms with Crippen molar-refractivity contribution in [2.75, 3.05) is 20.3 Å². The molecule has 9 heteroatoms. The van der Waals surface area contributed by atoms with Crippen molar-refractivity contribution in [3.05, 3.63) is 47.5 Å². The maximum absolute atomic E-state index is 13.3. The van der Waals surface area contributed by atoms with Gasteiger partial charge < -0.3 is 19.5 Å². The van der Waals surface area contributed by atoms with Gasteiger partial charge in [-0.05, 0) is 44.2 Å². The lowest BCUT2D eigenvalue weighted by atomic mass is 9.92. The summed E-state index contributed by atoms with van der Waals surface area (Å²) in [5.74, 6) is 1.46. The second-order valence-electron chi connectivity index (χ2n) is 11.0. The number of ketones is 1. The molecule has 3 aromatic rings. The van der Waals surface area contributed by atoms with Gasteiger partial charge in [0.15, 0.2) is 5.78 Å². The largest absolute Gasteiger partial charge is 0.496 e. The zero-order valence-corrected chi connectivity index (χ0v) is 24.6. The molecule has 8 nitrogen and oxygen atoms in total. The molecule has 0 bridgehead atoms. The van der Waals surface area contributed by atoms with Crippen LogP contribution in [0, 0.1) is 18.3 Å². The number of methoxy groups -OCH3 is 1. The van der Waals surface area contributed by atoms with Gasteiger partial charge in [0.25, 0.3) is 0 Å². The predicted octanol–water partition coefficient (Wildman–Crippen LogP) is 5.62. The topological polar surface area (TPSA) is 99.6 Å². The van der Waals surface area contributed by atoms with Gasteiger partial charge >= 0.3 is 5.97 Å². The molecule has 0 radical (unpaired) electrons. The molecule has 0 spiro atoms. The second-order valence-corrected chi connectivity index (χ2v) is 11.9. The lowest BCUT2D eigenvalue weighted by Crippen LogP contribution is -2.35. The minimum atomic E-state index is -0.773. The summed E-state index contributed by atoms with van der Waals surface area (Å²) in [5, 5.41) is 7.11. The van der Waals surface area contributed by atoms with Crippen molar-refractivity contribution < 1.29 is 23.8 Å². The summed E-state index contributed by atoms with van der Waals surface area (Å²) in [5.41, 5.74) is 2.73. The first-order valence-electron chi connectivity index (χ1n) is 13.9. The number of aromatic nitrogens is 2. The molecule has 1 N–H and O–H groups in total. The highest BCUT2D eigenvalue weighted by Gasteiger charge is 2.61. The fraction of sp³-hybridized carbons (Fsp3) is 0.484. The molecule has 1 aliphatic carbocycles. The van der Waals surface area contributed by atoms with E-state index in [-0.39, 0.29) is 36.2 Å². The molecule has 1 aromatic carbocycles. The first kappa shape index (κ1) is 28.2. The third kappa shape index (κ3) is 5.24. The average molecular weight is 564 g/mol. The van der Waals surface area contributed by atoms with Gasteiger partial charge in [0.1, 0.15) is 28.3 Å². The zero-order valence-electron chi connectivity index (χ0n) is 23.8. The number of hydrogen-bond donors (Lipinski definition) is 1. The summed E-state index contributed by atoms with van der Waals surface area (Å²) >= 11 is 1.57. The van der Waals surface area contributed by atoms with Gasteiger partial charge in [0.05, 0.1) is 36.4 Å². The van der Waals surface area contributed by atoms with E-state index in [1.54, 1.807) is 31.4 Å². The summed E-state index contributed by atoms with van der Waals surface area (Å²) in [6.07, 6.45) is 2.81. The van der Waals surface area contributed by atoms with Crippen LogP contribution < -0.4 is 14.8 Å². The molecular weight excluding hydrogens is 526 g/mol. The second kappa shape index (κ2) is 11.3. The Balaban J connectivity index is 1.38. The van der Waals surface area contributed by atoms with Crippen molar-refractivity contribution >= 4 is 34.0 Å². The number of esters is 1. The summed E-state index contributed by atoms with van der Waals surface area (Å²) in [6.45, 7) is 12.7. The van der Waals surface area contributed by atoms with Crippen LogP contribution in [0.3, 0.4) is 0 Å². The van der Waals surface area contributed by atoms with E-state index in [1.165, 1.54) is 0 Å². The Morgan fingerprint density at radius 2 is 2.08 bits per heavy atom. The number of hydrogen-bond acceptors (Lipinski definition) is 9. The van der Waals surface area contributed by atoms with Crippen LogP contribution in [-0.4, -0.2) is 54.1 Å². The highest BCUT2D eigenvalue weighted by Crippen LogP contribution is 2.57. The molecular formula is C31H37N3O5S. The predicted molar refractivity (Wildman–Crippen MR) is 156 cm³/mol. The van der Waals surface area contributed by atoms with Crippen LogP contribution in [0.15, 0.2) is 36.2 Å². The molecule has 212 valence electrons. The number of benzene rings is 1. The summed E-state index contributed by atoms with van der Waals surface area (Å²) in [4.78, 5) is 35.7. The molecule has 4 atom stereocenters. The van der Waals surface area contributed by atoms with Crippen LogP contribution in [0.4, 0.5) is 0 Å². The average Bonchev–Trinajstić information content (AvgIpc) is 3.25. The molecule has 2 aromatic heterocycles. The molecule has 5 rings (SSSR count). The summed E-state index contributed by atoms with van der Waals surface area (Å²) in [7, 11) is 1.65. The number of fused-ring (bicyclic) bond motifs is 1. The Hall–Kier alpha value is -3.30. The van der Waals surface area contributed by atoms with E-state index < -0.39 is 5.41 Å². The number of rotatable bonds is 11. The number of carbonyl (C=O) groups excluding carboxylic acids is 2. The summed E-state index contributed by atoms with van der Waals surface area (Å²) in [6, 6.07) is 5.45. The molecule has 40 heavy (non-hydrogen) atoms. The minimum absolute atomic E-state index is 0.00774. The maximum atomic E-state index is 13.3. The van der Waals surface area contributed by atoms with Gasteiger partial charge in [-0.2, -0.15) is 0 Å². The normalized spacial score (nSPS) is 23.8. The molecule has 3 heterocycles. The highest BCUT2D eigenvalue weighted by atomic mass is 32.1. The Labute approximate surface area is 239 Å². The van der Waals surface area contributed by atoms with Gasteiger partial charge in [-0.1, -0.05) is 19.9 Å². The monoisotopic (exact) mass is 563 g/mol. The summed E-state index contributed by atoms with van der Waals surface area (Å²) < 4.78 is 17.4. The Morgan fingerprint density at radius 3 is 2.73 bits per heavy atom. The third-order valence-corrected chi connectivity index (χ3v) is 8.95. The van der Waals surface area contributed by atoms with E-state index in [9.17, 15) is 9.59 Å². The smallest absolute Gasteiger partial charge is 0.313 e. The van der Waals surface area contributed by atoms with Gasteiger partial charge in [0, 0.05) is 41.8 Å². The quantitative estimate of drug-likeness (QED) is 0.237. The molecule has 1 aliphatic heterocycles. The molecule has 2 aliphatic rings. The number of allylic oxidation sites excluding steroid dienone is 1. The van der Waals surface area contributed by atoms with Crippen molar-refractivity contribution in [1.82, 2.24) is 15.3 Å². The Bertz CT molecular complexity index is 1450. The molecule has 0 unspecified atom stereocenters. The lowest BCUT2D eigenvalue weighted by molar-refractivity contribution is -0.152. The third-order valence-electron chi connectivity index (χ3n) is 8.06. The van der Waals surface area contributed by atoms with E-state index in [4.69, 9.17) is 24.2 Å². The SMILES string of the molecule is C=C[C@@H]1C[C@]1(CC(=O)[C@@H]1C[C@@H](Oc2cc(-c3nc(C(C)C)cs3)nc3c(C)c(OC)ccc23)CN1)C(=O)OCC. The van der Waals surface area contributed by atoms with Gasteiger partial charge in [-0.25, -0.2) is 9.97 Å². The van der Waals surface area contributed by atoms with Crippen LogP contribution in [0.1, 0.15) is 57.2 Å². The number of ether oxygens (including phenoxy) is 3. The first-order valence-corrected chi connectivity index (χ1v) is 14.7. The number of carbonyl (C=O) groups is 2. The van der Waals surface area contributed by atoms with Crippen molar-refractivity contribution in [3.63, 3.8) is 0 Å². The number of pyridine rings is 1. The number of nitrogens with zero attached hydrogens (tertiary/aromatic N) is 2.